The molecule has 1 nitrogen and oxygen atoms in total. The largest absolute Gasteiger partial charge is 0.416 e. The lowest BCUT2D eigenvalue weighted by Crippen LogP contribution is -2.13. The highest BCUT2D eigenvalue weighted by molar-refractivity contribution is 5.68. The molecular formula is C19H22F3N. The molecule has 0 saturated heterocycles. The third-order valence-corrected chi connectivity index (χ3v) is 3.93. The maximum Gasteiger partial charge on any atom is 0.416 e. The summed E-state index contributed by atoms with van der Waals surface area (Å²) in [6, 6.07) is 11.2. The molecule has 2 aromatic carbocycles. The fourth-order valence-corrected chi connectivity index (χ4v) is 2.72. The Hall–Kier alpha value is -1.81. The highest BCUT2D eigenvalue weighted by Crippen LogP contribution is 2.32. The van der Waals surface area contributed by atoms with E-state index in [-0.39, 0.29) is 6.04 Å². The Kier molecular flexibility index (Phi) is 5.15. The Morgan fingerprint density at radius 3 is 2.09 bits per heavy atom. The molecule has 23 heavy (non-hydrogen) atoms. The second-order valence-corrected chi connectivity index (χ2v) is 6.39. The molecule has 0 aromatic heterocycles. The molecule has 0 aliphatic carbocycles. The standard InChI is InChI=1S/C19H22F3N/c1-12(2)10-18(23)15-6-9-17(13(3)11-15)14-4-7-16(8-5-14)19(20,21)22/h4-9,11-12,18H,10,23H2,1-3H3/t18-/m0/s1. The second-order valence-electron chi connectivity index (χ2n) is 6.39. The van der Waals surface area contributed by atoms with Crippen LogP contribution in [-0.2, 0) is 6.18 Å². The molecule has 0 radical (unpaired) electrons. The third kappa shape index (κ3) is 4.35. The van der Waals surface area contributed by atoms with Crippen LogP contribution in [0.15, 0.2) is 42.5 Å². The van der Waals surface area contributed by atoms with Crippen molar-refractivity contribution < 1.29 is 13.2 Å². The first kappa shape index (κ1) is 17.5. The molecular weight excluding hydrogens is 299 g/mol. The Bertz CT molecular complexity index is 657. The fourth-order valence-electron chi connectivity index (χ4n) is 2.72. The van der Waals surface area contributed by atoms with Gasteiger partial charge in [0.1, 0.15) is 0 Å². The summed E-state index contributed by atoms with van der Waals surface area (Å²) < 4.78 is 37.9. The minimum Gasteiger partial charge on any atom is -0.324 e. The highest BCUT2D eigenvalue weighted by Gasteiger charge is 2.30. The van der Waals surface area contributed by atoms with Crippen molar-refractivity contribution in [1.29, 1.82) is 0 Å². The number of nitrogens with two attached hydrogens (primary N) is 1. The first-order valence-electron chi connectivity index (χ1n) is 7.72. The number of hydrogen-bond acceptors (Lipinski definition) is 1. The third-order valence-electron chi connectivity index (χ3n) is 3.93. The highest BCUT2D eigenvalue weighted by atomic mass is 19.4. The summed E-state index contributed by atoms with van der Waals surface area (Å²) in [5.74, 6) is 0.514. The van der Waals surface area contributed by atoms with Gasteiger partial charge in [-0.3, -0.25) is 0 Å². The molecule has 2 N–H and O–H groups in total. The van der Waals surface area contributed by atoms with Crippen LogP contribution in [0.3, 0.4) is 0 Å². The van der Waals surface area contributed by atoms with Gasteiger partial charge in [-0.25, -0.2) is 0 Å². The monoisotopic (exact) mass is 321 g/mol. The van der Waals surface area contributed by atoms with Crippen LogP contribution in [0, 0.1) is 12.8 Å². The second kappa shape index (κ2) is 6.75. The summed E-state index contributed by atoms with van der Waals surface area (Å²) in [6.07, 6.45) is -3.40. The number of halogens is 3. The zero-order valence-electron chi connectivity index (χ0n) is 13.6. The Labute approximate surface area is 135 Å². The van der Waals surface area contributed by atoms with Crippen molar-refractivity contribution in [2.24, 2.45) is 11.7 Å². The van der Waals surface area contributed by atoms with E-state index in [1.807, 2.05) is 25.1 Å². The maximum absolute atomic E-state index is 12.6. The molecule has 0 aliphatic rings. The van der Waals surface area contributed by atoms with Crippen LogP contribution < -0.4 is 5.73 Å². The molecule has 0 unspecified atom stereocenters. The minimum absolute atomic E-state index is 0.0182. The predicted molar refractivity (Wildman–Crippen MR) is 88.0 cm³/mol. The molecule has 0 saturated carbocycles. The van der Waals surface area contributed by atoms with E-state index in [1.165, 1.54) is 12.1 Å². The van der Waals surface area contributed by atoms with Crippen molar-refractivity contribution in [3.63, 3.8) is 0 Å². The number of benzene rings is 2. The zero-order chi connectivity index (χ0) is 17.2. The topological polar surface area (TPSA) is 26.0 Å². The van der Waals surface area contributed by atoms with Crippen LogP contribution in [0.25, 0.3) is 11.1 Å². The molecule has 0 bridgehead atoms. The quantitative estimate of drug-likeness (QED) is 0.765. The minimum atomic E-state index is -4.30. The van der Waals surface area contributed by atoms with Crippen molar-refractivity contribution >= 4 is 0 Å². The Balaban J connectivity index is 2.27. The van der Waals surface area contributed by atoms with Gasteiger partial charge in [0.05, 0.1) is 5.56 Å². The van der Waals surface area contributed by atoms with Crippen LogP contribution in [0.4, 0.5) is 13.2 Å². The lowest BCUT2D eigenvalue weighted by molar-refractivity contribution is -0.137. The smallest absolute Gasteiger partial charge is 0.324 e. The summed E-state index contributed by atoms with van der Waals surface area (Å²) in [5.41, 5.74) is 9.35. The van der Waals surface area contributed by atoms with E-state index in [0.29, 0.717) is 5.92 Å². The van der Waals surface area contributed by atoms with Crippen molar-refractivity contribution in [2.45, 2.75) is 39.4 Å². The van der Waals surface area contributed by atoms with E-state index >= 15 is 0 Å². The number of rotatable bonds is 4. The summed E-state index contributed by atoms with van der Waals surface area (Å²) in [5, 5.41) is 0. The van der Waals surface area contributed by atoms with Gasteiger partial charge in [0.2, 0.25) is 0 Å². The molecule has 0 amide bonds. The van der Waals surface area contributed by atoms with Crippen molar-refractivity contribution in [1.82, 2.24) is 0 Å². The van der Waals surface area contributed by atoms with Gasteiger partial charge < -0.3 is 5.73 Å². The van der Waals surface area contributed by atoms with Gasteiger partial charge in [-0.1, -0.05) is 44.2 Å². The number of alkyl halides is 3. The first-order valence-corrected chi connectivity index (χ1v) is 7.72. The molecule has 1 atom stereocenters. The van der Waals surface area contributed by atoms with Gasteiger partial charge in [-0.2, -0.15) is 13.2 Å². The van der Waals surface area contributed by atoms with Crippen molar-refractivity contribution in [2.75, 3.05) is 0 Å². The molecule has 2 rings (SSSR count). The van der Waals surface area contributed by atoms with Crippen molar-refractivity contribution in [3.05, 3.63) is 59.2 Å². The maximum atomic E-state index is 12.6. The molecule has 0 heterocycles. The molecule has 0 aliphatic heterocycles. The van der Waals surface area contributed by atoms with Gasteiger partial charge in [0, 0.05) is 6.04 Å². The molecule has 0 spiro atoms. The van der Waals surface area contributed by atoms with E-state index in [1.54, 1.807) is 0 Å². The molecule has 2 aromatic rings. The first-order chi connectivity index (χ1) is 10.7. The Morgan fingerprint density at radius 2 is 1.61 bits per heavy atom. The molecule has 0 fully saturated rings. The zero-order valence-corrected chi connectivity index (χ0v) is 13.6. The Morgan fingerprint density at radius 1 is 1.00 bits per heavy atom. The van der Waals surface area contributed by atoms with E-state index in [4.69, 9.17) is 5.73 Å². The normalized spacial score (nSPS) is 13.4. The average molecular weight is 321 g/mol. The molecule has 4 heteroatoms. The predicted octanol–water partition coefficient (Wildman–Crippen LogP) is 5.73. The van der Waals surface area contributed by atoms with Crippen LogP contribution in [0.2, 0.25) is 0 Å². The van der Waals surface area contributed by atoms with Gasteiger partial charge in [0.15, 0.2) is 0 Å². The summed E-state index contributed by atoms with van der Waals surface area (Å²) >= 11 is 0. The summed E-state index contributed by atoms with van der Waals surface area (Å²) in [7, 11) is 0. The summed E-state index contributed by atoms with van der Waals surface area (Å²) in [6.45, 7) is 6.21. The molecule has 124 valence electrons. The lowest BCUT2D eigenvalue weighted by atomic mass is 9.92. The SMILES string of the molecule is Cc1cc([C@@H](N)CC(C)C)ccc1-c1ccc(C(F)(F)F)cc1. The van der Waals surface area contributed by atoms with Crippen LogP contribution in [-0.4, -0.2) is 0 Å². The average Bonchev–Trinajstić information content (AvgIpc) is 2.45. The van der Waals surface area contributed by atoms with E-state index in [2.05, 4.69) is 13.8 Å². The van der Waals surface area contributed by atoms with Gasteiger partial charge >= 0.3 is 6.18 Å². The van der Waals surface area contributed by atoms with E-state index < -0.39 is 11.7 Å². The van der Waals surface area contributed by atoms with Crippen molar-refractivity contribution in [3.8, 4) is 11.1 Å². The van der Waals surface area contributed by atoms with Crippen LogP contribution in [0.1, 0.15) is 43.0 Å². The fraction of sp³-hybridized carbons (Fsp3) is 0.368. The van der Waals surface area contributed by atoms with Crippen LogP contribution >= 0.6 is 0 Å². The number of aryl methyl sites for hydroxylation is 1. The van der Waals surface area contributed by atoms with Gasteiger partial charge in [-0.15, -0.1) is 0 Å². The van der Waals surface area contributed by atoms with Gasteiger partial charge in [0.25, 0.3) is 0 Å². The van der Waals surface area contributed by atoms with Crippen LogP contribution in [0.5, 0.6) is 0 Å². The summed E-state index contributed by atoms with van der Waals surface area (Å²) in [4.78, 5) is 0. The lowest BCUT2D eigenvalue weighted by Gasteiger charge is -2.17. The van der Waals surface area contributed by atoms with Gasteiger partial charge in [-0.05, 0) is 53.6 Å². The van der Waals surface area contributed by atoms with E-state index in [9.17, 15) is 13.2 Å². The number of hydrogen-bond donors (Lipinski definition) is 1. The van der Waals surface area contributed by atoms with E-state index in [0.717, 1.165) is 40.8 Å².